The Balaban J connectivity index is 1.41. The van der Waals surface area contributed by atoms with Crippen molar-refractivity contribution in [3.05, 3.63) is 64.6 Å². The molecule has 2 amide bonds. The molecule has 0 spiro atoms. The van der Waals surface area contributed by atoms with E-state index in [9.17, 15) is 14.4 Å². The first-order valence-corrected chi connectivity index (χ1v) is 11.1. The largest absolute Gasteiger partial charge is 0.419 e. The third-order valence-corrected chi connectivity index (χ3v) is 5.99. The molecule has 0 aliphatic carbocycles. The Labute approximate surface area is 192 Å². The third-order valence-electron chi connectivity index (χ3n) is 5.99. The highest BCUT2D eigenvalue weighted by Crippen LogP contribution is 2.19. The molecule has 9 nitrogen and oxygen atoms in total. The number of nitrogens with one attached hydrogen (secondary N) is 2. The monoisotopic (exact) mass is 451 g/mol. The van der Waals surface area contributed by atoms with E-state index in [4.69, 9.17) is 4.42 Å². The predicted octanol–water partition coefficient (Wildman–Crippen LogP) is 1.49. The van der Waals surface area contributed by atoms with E-state index < -0.39 is 11.8 Å². The molecule has 9 heteroatoms. The van der Waals surface area contributed by atoms with Crippen molar-refractivity contribution in [2.75, 3.05) is 38.5 Å². The predicted molar refractivity (Wildman–Crippen MR) is 126 cm³/mol. The first-order chi connectivity index (χ1) is 16.0. The van der Waals surface area contributed by atoms with E-state index in [0.29, 0.717) is 36.4 Å². The Morgan fingerprint density at radius 2 is 1.91 bits per heavy atom. The number of oxazole rings is 1. The molecule has 174 valence electrons. The maximum Gasteiger partial charge on any atom is 0.419 e. The summed E-state index contributed by atoms with van der Waals surface area (Å²) in [5.41, 5.74) is 2.86. The van der Waals surface area contributed by atoms with Crippen LogP contribution < -0.4 is 16.4 Å². The van der Waals surface area contributed by atoms with Crippen LogP contribution in [0.2, 0.25) is 0 Å². The highest BCUT2D eigenvalue weighted by atomic mass is 16.4. The van der Waals surface area contributed by atoms with Crippen LogP contribution >= 0.6 is 0 Å². The lowest BCUT2D eigenvalue weighted by Gasteiger charge is -2.40. The fourth-order valence-corrected chi connectivity index (χ4v) is 4.30. The van der Waals surface area contributed by atoms with Gasteiger partial charge in [-0.3, -0.25) is 24.0 Å². The molecule has 4 rings (SSSR count). The van der Waals surface area contributed by atoms with Crippen molar-refractivity contribution in [3.8, 4) is 0 Å². The van der Waals surface area contributed by atoms with Gasteiger partial charge < -0.3 is 15.1 Å². The third kappa shape index (κ3) is 5.15. The van der Waals surface area contributed by atoms with Gasteiger partial charge in [-0.05, 0) is 24.6 Å². The molecular formula is C24H29N5O4. The maximum absolute atomic E-state index is 12.8. The first kappa shape index (κ1) is 22.8. The number of benzene rings is 2. The minimum absolute atomic E-state index is 0.0925. The van der Waals surface area contributed by atoms with Crippen LogP contribution in [0, 0.1) is 0 Å². The number of fused-ring (bicyclic) bond motifs is 1. The molecule has 0 radical (unpaired) electrons. The quantitative estimate of drug-likeness (QED) is 0.565. The van der Waals surface area contributed by atoms with Gasteiger partial charge >= 0.3 is 5.76 Å². The van der Waals surface area contributed by atoms with Crippen molar-refractivity contribution in [2.24, 2.45) is 0 Å². The Hall–Kier alpha value is -3.43. The second kappa shape index (κ2) is 10.0. The highest BCUT2D eigenvalue weighted by Gasteiger charge is 2.33. The van der Waals surface area contributed by atoms with Gasteiger partial charge in [0.1, 0.15) is 6.04 Å². The Morgan fingerprint density at radius 1 is 1.12 bits per heavy atom. The fourth-order valence-electron chi connectivity index (χ4n) is 4.30. The van der Waals surface area contributed by atoms with Gasteiger partial charge in [0.15, 0.2) is 5.58 Å². The highest BCUT2D eigenvalue weighted by molar-refractivity contribution is 5.94. The Bertz CT molecular complexity index is 1190. The SMILES string of the molecule is CCn1c(=O)oc2cc(NC(=O)CN3CCN(Cc4ccccc4)C[C@H]3C(=O)NC)ccc21. The minimum atomic E-state index is -0.419. The molecule has 2 heterocycles. The molecule has 1 aliphatic heterocycles. The maximum atomic E-state index is 12.8. The molecule has 2 N–H and O–H groups in total. The van der Waals surface area contributed by atoms with E-state index in [1.165, 1.54) is 10.1 Å². The Morgan fingerprint density at radius 3 is 2.64 bits per heavy atom. The summed E-state index contributed by atoms with van der Waals surface area (Å²) in [6.45, 7) is 5.14. The zero-order valence-electron chi connectivity index (χ0n) is 18.9. The fraction of sp³-hybridized carbons (Fsp3) is 0.375. The number of nitrogens with zero attached hydrogens (tertiary/aromatic N) is 3. The van der Waals surface area contributed by atoms with Crippen LogP contribution in [-0.2, 0) is 22.7 Å². The number of aromatic nitrogens is 1. The number of likely N-dealkylation sites (N-methyl/N-ethyl adjacent to an activating group) is 1. The van der Waals surface area contributed by atoms with E-state index >= 15 is 0 Å². The van der Waals surface area contributed by atoms with E-state index in [1.807, 2.05) is 30.0 Å². The smallest absolute Gasteiger partial charge is 0.408 e. The summed E-state index contributed by atoms with van der Waals surface area (Å²) in [6.07, 6.45) is 0. The summed E-state index contributed by atoms with van der Waals surface area (Å²) in [5.74, 6) is -0.750. The second-order valence-electron chi connectivity index (χ2n) is 8.16. The van der Waals surface area contributed by atoms with Gasteiger partial charge in [0.2, 0.25) is 11.8 Å². The Kier molecular flexibility index (Phi) is 6.90. The van der Waals surface area contributed by atoms with Crippen LogP contribution in [0.1, 0.15) is 12.5 Å². The lowest BCUT2D eigenvalue weighted by molar-refractivity contribution is -0.130. The molecule has 1 saturated heterocycles. The van der Waals surface area contributed by atoms with Crippen molar-refractivity contribution in [2.45, 2.75) is 26.1 Å². The molecule has 1 fully saturated rings. The number of anilines is 1. The lowest BCUT2D eigenvalue weighted by atomic mass is 10.1. The number of carbonyl (C=O) groups is 2. The molecule has 0 bridgehead atoms. The number of carbonyl (C=O) groups excluding carboxylic acids is 2. The number of hydrogen-bond acceptors (Lipinski definition) is 6. The minimum Gasteiger partial charge on any atom is -0.408 e. The van der Waals surface area contributed by atoms with Gasteiger partial charge in [-0.15, -0.1) is 0 Å². The average molecular weight is 452 g/mol. The number of amides is 2. The molecule has 1 atom stereocenters. The second-order valence-corrected chi connectivity index (χ2v) is 8.16. The molecule has 1 aromatic heterocycles. The number of rotatable bonds is 7. The number of aryl methyl sites for hydroxylation is 1. The first-order valence-electron chi connectivity index (χ1n) is 11.1. The normalized spacial score (nSPS) is 17.2. The van der Waals surface area contributed by atoms with E-state index in [1.54, 1.807) is 25.2 Å². The van der Waals surface area contributed by atoms with Crippen molar-refractivity contribution < 1.29 is 14.0 Å². The zero-order chi connectivity index (χ0) is 23.4. The summed E-state index contributed by atoms with van der Waals surface area (Å²) >= 11 is 0. The van der Waals surface area contributed by atoms with Crippen molar-refractivity contribution in [1.29, 1.82) is 0 Å². The molecule has 3 aromatic rings. The molecule has 0 saturated carbocycles. The number of hydrogen-bond donors (Lipinski definition) is 2. The van der Waals surface area contributed by atoms with E-state index in [2.05, 4.69) is 27.7 Å². The van der Waals surface area contributed by atoms with Gasteiger partial charge in [0.05, 0.1) is 12.1 Å². The number of piperazine rings is 1. The van der Waals surface area contributed by atoms with Crippen molar-refractivity contribution >= 4 is 28.6 Å². The zero-order valence-corrected chi connectivity index (χ0v) is 18.9. The van der Waals surface area contributed by atoms with Gasteiger partial charge in [0, 0.05) is 51.5 Å². The molecule has 0 unspecified atom stereocenters. The van der Waals surface area contributed by atoms with Crippen molar-refractivity contribution in [3.63, 3.8) is 0 Å². The molecule has 1 aliphatic rings. The standard InChI is InChI=1S/C24H29N5O4/c1-3-29-19-10-9-18(13-21(19)33-24(29)32)26-22(30)16-28-12-11-27(15-20(28)23(31)25-2)14-17-7-5-4-6-8-17/h4-10,13,20H,3,11-12,14-16H2,1-2H3,(H,25,31)(H,26,30)/t20-/m0/s1. The van der Waals surface area contributed by atoms with Crippen LogP contribution in [0.4, 0.5) is 5.69 Å². The lowest BCUT2D eigenvalue weighted by Crippen LogP contribution is -2.59. The van der Waals surface area contributed by atoms with Crippen LogP contribution in [0.3, 0.4) is 0 Å². The van der Waals surface area contributed by atoms with Crippen LogP contribution in [0.15, 0.2) is 57.7 Å². The van der Waals surface area contributed by atoms with Crippen LogP contribution in [0.25, 0.3) is 11.1 Å². The van der Waals surface area contributed by atoms with E-state index in [-0.39, 0.29) is 18.4 Å². The molecule has 2 aromatic carbocycles. The van der Waals surface area contributed by atoms with Gasteiger partial charge in [0.25, 0.3) is 0 Å². The summed E-state index contributed by atoms with van der Waals surface area (Å²) in [7, 11) is 1.61. The van der Waals surface area contributed by atoms with Crippen LogP contribution in [-0.4, -0.2) is 65.4 Å². The summed E-state index contributed by atoms with van der Waals surface area (Å²) in [6, 6.07) is 14.9. The summed E-state index contributed by atoms with van der Waals surface area (Å²) < 4.78 is 6.80. The van der Waals surface area contributed by atoms with Gasteiger partial charge in [-0.2, -0.15) is 0 Å². The molecule has 33 heavy (non-hydrogen) atoms. The summed E-state index contributed by atoms with van der Waals surface area (Å²) in [4.78, 5) is 41.4. The topological polar surface area (TPSA) is 99.8 Å². The average Bonchev–Trinajstić information content (AvgIpc) is 3.14. The molecular weight excluding hydrogens is 422 g/mol. The van der Waals surface area contributed by atoms with Crippen LogP contribution in [0.5, 0.6) is 0 Å². The van der Waals surface area contributed by atoms with Crippen molar-refractivity contribution in [1.82, 2.24) is 19.7 Å². The van der Waals surface area contributed by atoms with Gasteiger partial charge in [-0.1, -0.05) is 30.3 Å². The van der Waals surface area contributed by atoms with E-state index in [0.717, 1.165) is 13.1 Å². The summed E-state index contributed by atoms with van der Waals surface area (Å²) in [5, 5.41) is 5.58. The van der Waals surface area contributed by atoms with Gasteiger partial charge in [-0.25, -0.2) is 4.79 Å².